The quantitative estimate of drug-likeness (QED) is 0.735. The van der Waals surface area contributed by atoms with Crippen molar-refractivity contribution < 1.29 is 9.90 Å². The minimum Gasteiger partial charge on any atom is -0.506 e. The Bertz CT molecular complexity index is 478. The Kier molecular flexibility index (Phi) is 3.64. The van der Waals surface area contributed by atoms with Crippen molar-refractivity contribution in [3.05, 3.63) is 22.7 Å². The molecule has 2 atom stereocenters. The summed E-state index contributed by atoms with van der Waals surface area (Å²) >= 11 is 3.31. The lowest BCUT2D eigenvalue weighted by molar-refractivity contribution is -0.125. The Hall–Kier alpha value is -1.07. The summed E-state index contributed by atoms with van der Waals surface area (Å²) in [5.41, 5.74) is 5.87. The van der Waals surface area contributed by atoms with Gasteiger partial charge in [0.2, 0.25) is 5.91 Å². The van der Waals surface area contributed by atoms with E-state index in [9.17, 15) is 9.90 Å². The molecule has 98 valence electrons. The first-order valence-corrected chi connectivity index (χ1v) is 6.78. The molecule has 2 rings (SSSR count). The smallest absolute Gasteiger partial charge is 0.231 e. The third-order valence-corrected chi connectivity index (χ3v) is 4.25. The summed E-state index contributed by atoms with van der Waals surface area (Å²) in [5, 5.41) is 12.5. The van der Waals surface area contributed by atoms with E-state index in [0.717, 1.165) is 23.7 Å². The zero-order chi connectivity index (χ0) is 13.3. The molecule has 0 aliphatic heterocycles. The summed E-state index contributed by atoms with van der Waals surface area (Å²) in [6.07, 6.45) is 2.62. The molecule has 2 unspecified atom stereocenters. The fourth-order valence-corrected chi connectivity index (χ4v) is 2.71. The van der Waals surface area contributed by atoms with Gasteiger partial charge in [0, 0.05) is 10.5 Å². The number of amides is 1. The standard InChI is InChI=1S/C13H17BrN2O2/c1-13(6-2-3-11(13)15)12(18)16-9-7-8(14)4-5-10(9)17/h4-5,7,11,17H,2-3,6,15H2,1H3,(H,16,18). The molecule has 1 saturated carbocycles. The third-order valence-electron chi connectivity index (χ3n) is 3.76. The van der Waals surface area contributed by atoms with Crippen molar-refractivity contribution in [2.24, 2.45) is 11.1 Å². The molecule has 0 aromatic heterocycles. The van der Waals surface area contributed by atoms with Gasteiger partial charge in [0.15, 0.2) is 0 Å². The zero-order valence-corrected chi connectivity index (χ0v) is 11.8. The number of aromatic hydroxyl groups is 1. The van der Waals surface area contributed by atoms with Gasteiger partial charge in [-0.3, -0.25) is 4.79 Å². The molecule has 1 aromatic rings. The number of anilines is 1. The summed E-state index contributed by atoms with van der Waals surface area (Å²) in [6.45, 7) is 1.88. The van der Waals surface area contributed by atoms with E-state index < -0.39 is 5.41 Å². The number of rotatable bonds is 2. The molecule has 18 heavy (non-hydrogen) atoms. The molecule has 0 heterocycles. The zero-order valence-electron chi connectivity index (χ0n) is 10.2. The van der Waals surface area contributed by atoms with Crippen molar-refractivity contribution in [1.82, 2.24) is 0 Å². The van der Waals surface area contributed by atoms with E-state index in [1.54, 1.807) is 12.1 Å². The van der Waals surface area contributed by atoms with Crippen LogP contribution in [-0.2, 0) is 4.79 Å². The number of hydrogen-bond acceptors (Lipinski definition) is 3. The number of carbonyl (C=O) groups is 1. The molecular formula is C13H17BrN2O2. The van der Waals surface area contributed by atoms with Gasteiger partial charge in [0.25, 0.3) is 0 Å². The highest BCUT2D eigenvalue weighted by atomic mass is 79.9. The van der Waals surface area contributed by atoms with Gasteiger partial charge < -0.3 is 16.2 Å². The van der Waals surface area contributed by atoms with E-state index in [2.05, 4.69) is 21.2 Å². The van der Waals surface area contributed by atoms with Crippen LogP contribution in [0.3, 0.4) is 0 Å². The van der Waals surface area contributed by atoms with Gasteiger partial charge >= 0.3 is 0 Å². The van der Waals surface area contributed by atoms with Gasteiger partial charge in [-0.25, -0.2) is 0 Å². The van der Waals surface area contributed by atoms with Gasteiger partial charge in [-0.15, -0.1) is 0 Å². The number of nitrogens with two attached hydrogens (primary N) is 1. The van der Waals surface area contributed by atoms with Gasteiger partial charge in [0.1, 0.15) is 5.75 Å². The average molecular weight is 313 g/mol. The topological polar surface area (TPSA) is 75.3 Å². The van der Waals surface area contributed by atoms with Crippen LogP contribution in [0.2, 0.25) is 0 Å². The number of halogens is 1. The highest BCUT2D eigenvalue weighted by Gasteiger charge is 2.43. The van der Waals surface area contributed by atoms with E-state index in [0.29, 0.717) is 5.69 Å². The fourth-order valence-electron chi connectivity index (χ4n) is 2.35. The Morgan fingerprint density at radius 1 is 1.61 bits per heavy atom. The number of benzene rings is 1. The van der Waals surface area contributed by atoms with Crippen LogP contribution < -0.4 is 11.1 Å². The highest BCUT2D eigenvalue weighted by Crippen LogP contribution is 2.38. The lowest BCUT2D eigenvalue weighted by atomic mass is 9.84. The van der Waals surface area contributed by atoms with E-state index in [1.165, 1.54) is 6.07 Å². The average Bonchev–Trinajstić information content (AvgIpc) is 2.66. The maximum absolute atomic E-state index is 12.3. The molecule has 4 N–H and O–H groups in total. The number of hydrogen-bond donors (Lipinski definition) is 3. The van der Waals surface area contributed by atoms with Crippen molar-refractivity contribution in [2.45, 2.75) is 32.2 Å². The molecule has 0 spiro atoms. The largest absolute Gasteiger partial charge is 0.506 e. The van der Waals surface area contributed by atoms with Crippen LogP contribution in [0.25, 0.3) is 0 Å². The Morgan fingerprint density at radius 2 is 2.33 bits per heavy atom. The Balaban J connectivity index is 2.19. The van der Waals surface area contributed by atoms with Gasteiger partial charge in [-0.1, -0.05) is 22.4 Å². The molecule has 4 nitrogen and oxygen atoms in total. The van der Waals surface area contributed by atoms with Crippen LogP contribution in [0, 0.1) is 5.41 Å². The van der Waals surface area contributed by atoms with Crippen LogP contribution >= 0.6 is 15.9 Å². The predicted octanol–water partition coefficient (Wildman–Crippen LogP) is 2.61. The second-order valence-electron chi connectivity index (χ2n) is 5.03. The van der Waals surface area contributed by atoms with Gasteiger partial charge in [-0.2, -0.15) is 0 Å². The minimum atomic E-state index is -0.547. The van der Waals surface area contributed by atoms with Crippen LogP contribution in [0.5, 0.6) is 5.75 Å². The summed E-state index contributed by atoms with van der Waals surface area (Å²) in [5.74, 6) is -0.0670. The lowest BCUT2D eigenvalue weighted by Gasteiger charge is -2.27. The van der Waals surface area contributed by atoms with Crippen LogP contribution in [-0.4, -0.2) is 17.1 Å². The fraction of sp³-hybridized carbons (Fsp3) is 0.462. The molecule has 1 aliphatic rings. The Morgan fingerprint density at radius 3 is 2.94 bits per heavy atom. The molecule has 1 aliphatic carbocycles. The molecular weight excluding hydrogens is 296 g/mol. The van der Waals surface area contributed by atoms with E-state index >= 15 is 0 Å². The second-order valence-corrected chi connectivity index (χ2v) is 5.95. The number of nitrogens with one attached hydrogen (secondary N) is 1. The van der Waals surface area contributed by atoms with Crippen LogP contribution in [0.4, 0.5) is 5.69 Å². The molecule has 0 bridgehead atoms. The van der Waals surface area contributed by atoms with Crippen LogP contribution in [0.1, 0.15) is 26.2 Å². The van der Waals surface area contributed by atoms with Crippen molar-refractivity contribution in [2.75, 3.05) is 5.32 Å². The molecule has 0 radical (unpaired) electrons. The van der Waals surface area contributed by atoms with E-state index in [1.807, 2.05) is 6.92 Å². The number of phenols is 1. The molecule has 1 fully saturated rings. The Labute approximate surface area is 115 Å². The minimum absolute atomic E-state index is 0.0571. The molecule has 5 heteroatoms. The molecule has 1 aromatic carbocycles. The number of carbonyl (C=O) groups excluding carboxylic acids is 1. The van der Waals surface area contributed by atoms with Crippen LogP contribution in [0.15, 0.2) is 22.7 Å². The molecule has 1 amide bonds. The van der Waals surface area contributed by atoms with Crippen molar-refractivity contribution in [1.29, 1.82) is 0 Å². The van der Waals surface area contributed by atoms with Crippen molar-refractivity contribution in [3.63, 3.8) is 0 Å². The highest BCUT2D eigenvalue weighted by molar-refractivity contribution is 9.10. The SMILES string of the molecule is CC1(C(=O)Nc2cc(Br)ccc2O)CCCC1N. The van der Waals surface area contributed by atoms with Crippen molar-refractivity contribution >= 4 is 27.5 Å². The summed E-state index contributed by atoms with van der Waals surface area (Å²) in [7, 11) is 0. The third kappa shape index (κ3) is 2.37. The van der Waals surface area contributed by atoms with Gasteiger partial charge in [-0.05, 0) is 38.0 Å². The first-order valence-electron chi connectivity index (χ1n) is 5.99. The number of phenolic OH excluding ortho intramolecular Hbond substituents is 1. The first-order chi connectivity index (χ1) is 8.43. The van der Waals surface area contributed by atoms with Crippen molar-refractivity contribution in [3.8, 4) is 5.75 Å². The lowest BCUT2D eigenvalue weighted by Crippen LogP contribution is -2.44. The first kappa shape index (κ1) is 13.4. The summed E-state index contributed by atoms with van der Waals surface area (Å²) < 4.78 is 0.802. The summed E-state index contributed by atoms with van der Waals surface area (Å²) in [6, 6.07) is 4.81. The van der Waals surface area contributed by atoms with E-state index in [4.69, 9.17) is 5.73 Å². The van der Waals surface area contributed by atoms with Gasteiger partial charge in [0.05, 0.1) is 11.1 Å². The monoisotopic (exact) mass is 312 g/mol. The molecule has 0 saturated heterocycles. The predicted molar refractivity (Wildman–Crippen MR) is 74.4 cm³/mol. The second kappa shape index (κ2) is 4.90. The normalized spacial score (nSPS) is 27.2. The maximum atomic E-state index is 12.3. The van der Waals surface area contributed by atoms with E-state index in [-0.39, 0.29) is 17.7 Å². The summed E-state index contributed by atoms with van der Waals surface area (Å²) in [4.78, 5) is 12.3. The maximum Gasteiger partial charge on any atom is 0.231 e.